The van der Waals surface area contributed by atoms with E-state index in [0.717, 1.165) is 0 Å². The molecule has 1 aliphatic carbocycles. The lowest BCUT2D eigenvalue weighted by atomic mass is 9.82. The van der Waals surface area contributed by atoms with E-state index in [1.807, 2.05) is 0 Å². The second-order valence-corrected chi connectivity index (χ2v) is 12.3. The van der Waals surface area contributed by atoms with Crippen LogP contribution in [-0.4, -0.2) is 4.57 Å². The topological polar surface area (TPSA) is 8.17 Å². The van der Waals surface area contributed by atoms with Crippen LogP contribution in [0.15, 0.2) is 205 Å². The molecule has 11 rings (SSSR count). The second kappa shape index (κ2) is 13.0. The Hall–Kier alpha value is -7.16. The van der Waals surface area contributed by atoms with Gasteiger partial charge < -0.3 is 9.47 Å². The molecule has 0 aliphatic heterocycles. The normalized spacial score (nSPS) is 23.2. The van der Waals surface area contributed by atoms with Crippen LogP contribution in [0.25, 0.3) is 71.6 Å². The standard InChI is InChI=1S/C55H40N2/c1-55(2)50-23-10-8-21-46(50)47-32-31-44(36-51(47)55)56(43-19-12-18-40(34-43)37-14-4-3-5-15-37)42-29-26-38(27-30-42)41-28-33-54-49(35-41)48-22-9-11-24-53(48)57(54)52-25-13-17-39-16-6-7-20-45(39)52/h3-36H,1-2H3/i1D3,2D3,3D,4D,5D,6D,7D,8D,9D,10D,11D,12D,13D,14D,15D,16D,17D,18D,19D,20D,21D,22D,23D,24D,25D,26D,27D,28D,29D,30D,31D,32D,33D,34D,35D,36D. The molecule has 1 aromatic heterocycles. The maximum Gasteiger partial charge on any atom is 0.0651 e. The zero-order valence-corrected chi connectivity index (χ0v) is 28.4. The van der Waals surface area contributed by atoms with Gasteiger partial charge in [-0.25, -0.2) is 0 Å². The number of nitrogens with zero attached hydrogens (tertiary/aromatic N) is 2. The monoisotopic (exact) mass is 769 g/mol. The van der Waals surface area contributed by atoms with Crippen molar-refractivity contribution in [2.24, 2.45) is 0 Å². The van der Waals surface area contributed by atoms with Crippen molar-refractivity contribution in [3.8, 4) is 39.1 Å². The number of hydrogen-bond donors (Lipinski definition) is 0. The minimum atomic E-state index is -4.10. The van der Waals surface area contributed by atoms with E-state index in [0.29, 0.717) is 4.57 Å². The molecule has 0 atom stereocenters. The average Bonchev–Trinajstić information content (AvgIpc) is 1.52. The molecular formula is C55H40N2. The fourth-order valence-electron chi connectivity index (χ4n) is 6.54. The molecule has 0 unspecified atom stereocenters. The van der Waals surface area contributed by atoms with Gasteiger partial charge in [-0.3, -0.25) is 0 Å². The lowest BCUT2D eigenvalue weighted by Gasteiger charge is -2.28. The zero-order valence-electron chi connectivity index (χ0n) is 68.4. The average molecular weight is 769 g/mol. The predicted molar refractivity (Wildman–Crippen MR) is 241 cm³/mol. The van der Waals surface area contributed by atoms with E-state index in [-0.39, 0.29) is 4.90 Å². The Balaban J connectivity index is 1.35. The molecule has 2 heteroatoms. The molecule has 0 fully saturated rings. The van der Waals surface area contributed by atoms with Gasteiger partial charge in [0.1, 0.15) is 0 Å². The summed E-state index contributed by atoms with van der Waals surface area (Å²) in [6.45, 7) is -8.20. The number of aromatic nitrogens is 1. The molecule has 0 spiro atoms. The number of para-hydroxylation sites is 1. The van der Waals surface area contributed by atoms with Gasteiger partial charge in [-0.1, -0.05) is 159 Å². The number of rotatable bonds is 6. The van der Waals surface area contributed by atoms with E-state index in [2.05, 4.69) is 0 Å². The highest BCUT2D eigenvalue weighted by Gasteiger charge is 2.35. The third kappa shape index (κ3) is 5.33. The van der Waals surface area contributed by atoms with Crippen LogP contribution in [0, 0.1) is 0 Å². The van der Waals surface area contributed by atoms with E-state index >= 15 is 0 Å². The minimum Gasteiger partial charge on any atom is -0.310 e. The summed E-state index contributed by atoms with van der Waals surface area (Å²) in [7, 11) is 0. The summed E-state index contributed by atoms with van der Waals surface area (Å²) in [6.07, 6.45) is 0. The SMILES string of the molecule is [2H]c1c([2H])c([2H])c(-c2c([2H])c([2H])c([2H])c(N(c3c([2H])c([2H])c(-c4c([2H])c([2H])c5c(c4[2H])c4c([2H])c([2H])c([2H])c([2H])c4n5-c4c([2H])c([2H])c([2H])c5c([2H])c([2H])c([2H])c([2H])c45)c([2H])c3[2H])c3c([2H])c([2H])c4c(c3[2H])C(C([2H])([2H])[2H])(C([2H])([2H])[2H])c3c([2H])c([2H])c([2H])c([2H])c3-4)c2[2H])c([2H])c1[2H]. The lowest BCUT2D eigenvalue weighted by Crippen LogP contribution is -2.16. The van der Waals surface area contributed by atoms with Gasteiger partial charge in [-0.2, -0.15) is 0 Å². The highest BCUT2D eigenvalue weighted by Crippen LogP contribution is 2.51. The van der Waals surface area contributed by atoms with Gasteiger partial charge in [0.05, 0.1) is 63.3 Å². The Morgan fingerprint density at radius 1 is 0.421 bits per heavy atom. The fraction of sp³-hybridized carbons (Fsp3) is 0.0545. The molecule has 0 saturated carbocycles. The van der Waals surface area contributed by atoms with Crippen LogP contribution >= 0.6 is 0 Å². The van der Waals surface area contributed by atoms with Crippen molar-refractivity contribution < 1.29 is 54.8 Å². The summed E-state index contributed by atoms with van der Waals surface area (Å²) < 4.78 is 366. The van der Waals surface area contributed by atoms with Crippen LogP contribution in [0.1, 0.15) is 79.7 Å². The summed E-state index contributed by atoms with van der Waals surface area (Å²) in [5, 5.41) is -2.95. The molecule has 0 bridgehead atoms. The fourth-order valence-corrected chi connectivity index (χ4v) is 6.54. The molecule has 10 aromatic rings. The van der Waals surface area contributed by atoms with Crippen molar-refractivity contribution in [2.45, 2.75) is 19.1 Å². The quantitative estimate of drug-likeness (QED) is 0.164. The summed E-state index contributed by atoms with van der Waals surface area (Å²) in [5.41, 5.74) is -19.8. The molecule has 57 heavy (non-hydrogen) atoms. The Morgan fingerprint density at radius 2 is 1.04 bits per heavy atom. The van der Waals surface area contributed by atoms with E-state index in [9.17, 15) is 20.6 Å². The van der Waals surface area contributed by atoms with Gasteiger partial charge in [0.2, 0.25) is 0 Å². The first-order valence-corrected chi connectivity index (χ1v) is 16.6. The molecule has 2 nitrogen and oxygen atoms in total. The predicted octanol–water partition coefficient (Wildman–Crippen LogP) is 15.0. The van der Waals surface area contributed by atoms with Crippen LogP contribution in [0.2, 0.25) is 0 Å². The summed E-state index contributed by atoms with van der Waals surface area (Å²) in [4.78, 5) is 0.0862. The molecule has 0 radical (unpaired) electrons. The van der Waals surface area contributed by atoms with E-state index < -0.39 is 324 Å². The zero-order chi connectivity index (χ0) is 72.7. The summed E-state index contributed by atoms with van der Waals surface area (Å²) >= 11 is 0. The Morgan fingerprint density at radius 3 is 1.91 bits per heavy atom. The van der Waals surface area contributed by atoms with Gasteiger partial charge >= 0.3 is 0 Å². The minimum absolute atomic E-state index is 0.0862. The Kier molecular flexibility index (Phi) is 2.71. The molecule has 0 saturated heterocycles. The molecular weight excluding hydrogens is 689 g/mol. The van der Waals surface area contributed by atoms with Crippen LogP contribution in [0.4, 0.5) is 17.1 Å². The molecule has 0 N–H and O–H groups in total. The van der Waals surface area contributed by atoms with Crippen molar-refractivity contribution >= 4 is 49.6 Å². The van der Waals surface area contributed by atoms with Crippen molar-refractivity contribution in [1.29, 1.82) is 0 Å². The highest BCUT2D eigenvalue weighted by molar-refractivity contribution is 6.11. The maximum absolute atomic E-state index is 10.1. The van der Waals surface area contributed by atoms with Crippen molar-refractivity contribution in [2.75, 3.05) is 4.90 Å². The van der Waals surface area contributed by atoms with Crippen molar-refractivity contribution in [3.63, 3.8) is 0 Å². The largest absolute Gasteiger partial charge is 0.310 e. The van der Waals surface area contributed by atoms with E-state index in [1.165, 1.54) is 0 Å². The van der Waals surface area contributed by atoms with Crippen LogP contribution in [0.3, 0.4) is 0 Å². The van der Waals surface area contributed by atoms with E-state index in [4.69, 9.17) is 34.3 Å². The smallest absolute Gasteiger partial charge is 0.0651 e. The first kappa shape index (κ1) is 11.9. The van der Waals surface area contributed by atoms with Crippen LogP contribution in [0.5, 0.6) is 0 Å². The second-order valence-electron chi connectivity index (χ2n) is 12.3. The van der Waals surface area contributed by atoms with Gasteiger partial charge in [0.15, 0.2) is 0 Å². The third-order valence-corrected chi connectivity index (χ3v) is 9.06. The van der Waals surface area contributed by atoms with Crippen molar-refractivity contribution in [3.05, 3.63) is 217 Å². The van der Waals surface area contributed by atoms with Gasteiger partial charge in [-0.05, 0) is 110 Å². The first-order valence-electron chi connectivity index (χ1n) is 36.6. The summed E-state index contributed by atoms with van der Waals surface area (Å²) in [6, 6.07) is -40.7. The molecule has 9 aromatic carbocycles. The van der Waals surface area contributed by atoms with Gasteiger partial charge in [-0.15, -0.1) is 0 Å². The Bertz CT molecular complexity index is 5290. The number of hydrogen-bond acceptors (Lipinski definition) is 1. The number of benzene rings is 9. The number of anilines is 3. The van der Waals surface area contributed by atoms with Crippen LogP contribution in [-0.2, 0) is 5.41 Å². The Labute approximate surface area is 389 Å². The summed E-state index contributed by atoms with van der Waals surface area (Å²) in [5.74, 6) is 0. The third-order valence-electron chi connectivity index (χ3n) is 9.06. The molecule has 0 amide bonds. The molecule has 1 heterocycles. The first-order chi connectivity index (χ1) is 44.7. The van der Waals surface area contributed by atoms with Crippen LogP contribution < -0.4 is 4.90 Å². The van der Waals surface area contributed by atoms with Crippen molar-refractivity contribution in [1.82, 2.24) is 4.57 Å². The lowest BCUT2D eigenvalue weighted by molar-refractivity contribution is 0.660. The molecule has 270 valence electrons. The van der Waals surface area contributed by atoms with E-state index in [1.54, 1.807) is 0 Å². The maximum atomic E-state index is 10.1. The molecule has 1 aliphatic rings. The van der Waals surface area contributed by atoms with Gasteiger partial charge in [0.25, 0.3) is 0 Å². The number of fused-ring (bicyclic) bond motifs is 7. The highest BCUT2D eigenvalue weighted by atomic mass is 15.1. The van der Waals surface area contributed by atoms with Gasteiger partial charge in [0, 0.05) is 46.9 Å².